The van der Waals surface area contributed by atoms with E-state index < -0.39 is 12.2 Å². The van der Waals surface area contributed by atoms with Crippen LogP contribution in [0.4, 0.5) is 20.6 Å². The minimum atomic E-state index is -0.546. The first kappa shape index (κ1) is 12.2. The Morgan fingerprint density at radius 3 is 2.74 bits per heavy atom. The average molecular weight is 266 g/mol. The molecule has 2 heterocycles. The van der Waals surface area contributed by atoms with Gasteiger partial charge in [0.1, 0.15) is 11.9 Å². The fourth-order valence-corrected chi connectivity index (χ4v) is 2.30. The fraction of sp³-hybridized carbons (Fsp3) is 0.462. The highest BCUT2D eigenvalue weighted by Gasteiger charge is 2.32. The molecule has 2 aliphatic heterocycles. The second kappa shape index (κ2) is 4.70. The van der Waals surface area contributed by atoms with Crippen molar-refractivity contribution in [3.05, 3.63) is 24.0 Å². The number of amides is 1. The van der Waals surface area contributed by atoms with Crippen LogP contribution in [0.5, 0.6) is 0 Å². The van der Waals surface area contributed by atoms with E-state index in [1.165, 1.54) is 11.0 Å². The molecule has 1 aromatic carbocycles. The number of hydrogen-bond donors (Lipinski definition) is 1. The molecule has 5 nitrogen and oxygen atoms in total. The lowest BCUT2D eigenvalue weighted by molar-refractivity contribution is 0.0963. The number of hydrogen-bond acceptors (Lipinski definition) is 4. The van der Waals surface area contributed by atoms with E-state index in [0.29, 0.717) is 11.4 Å². The molecule has 6 heteroatoms. The molecule has 2 fully saturated rings. The van der Waals surface area contributed by atoms with Crippen LogP contribution in [0.1, 0.15) is 6.42 Å². The second-order valence-electron chi connectivity index (χ2n) is 4.78. The van der Waals surface area contributed by atoms with Gasteiger partial charge in [-0.15, -0.1) is 0 Å². The SMILES string of the molecule is O=C1O[C@@H](CO)CN1c1ccc(N2CCC2)c(F)c1. The lowest BCUT2D eigenvalue weighted by Crippen LogP contribution is -2.37. The lowest BCUT2D eigenvalue weighted by Gasteiger charge is -2.33. The number of carbonyl (C=O) groups is 1. The molecule has 2 saturated heterocycles. The molecule has 1 aromatic rings. The Kier molecular flexibility index (Phi) is 3.02. The van der Waals surface area contributed by atoms with E-state index in [0.717, 1.165) is 19.5 Å². The topological polar surface area (TPSA) is 53.0 Å². The molecular formula is C13H15FN2O3. The number of anilines is 2. The van der Waals surface area contributed by atoms with Crippen molar-refractivity contribution in [1.82, 2.24) is 0 Å². The predicted octanol–water partition coefficient (Wildman–Crippen LogP) is 1.35. The van der Waals surface area contributed by atoms with Gasteiger partial charge in [-0.25, -0.2) is 9.18 Å². The van der Waals surface area contributed by atoms with Crippen molar-refractivity contribution in [3.8, 4) is 0 Å². The van der Waals surface area contributed by atoms with Gasteiger partial charge in [-0.3, -0.25) is 4.90 Å². The van der Waals surface area contributed by atoms with Crippen LogP contribution < -0.4 is 9.80 Å². The zero-order valence-corrected chi connectivity index (χ0v) is 10.4. The summed E-state index contributed by atoms with van der Waals surface area (Å²) in [5.74, 6) is -0.336. The van der Waals surface area contributed by atoms with Gasteiger partial charge in [0.05, 0.1) is 24.5 Å². The van der Waals surface area contributed by atoms with E-state index in [9.17, 15) is 9.18 Å². The van der Waals surface area contributed by atoms with Crippen LogP contribution in [0.15, 0.2) is 18.2 Å². The summed E-state index contributed by atoms with van der Waals surface area (Å²) < 4.78 is 18.9. The van der Waals surface area contributed by atoms with Crippen molar-refractivity contribution in [1.29, 1.82) is 0 Å². The minimum absolute atomic E-state index is 0.226. The zero-order valence-electron chi connectivity index (χ0n) is 10.4. The molecule has 0 aromatic heterocycles. The maximum atomic E-state index is 14.0. The summed E-state index contributed by atoms with van der Waals surface area (Å²) in [5.41, 5.74) is 1.03. The van der Waals surface area contributed by atoms with E-state index in [1.54, 1.807) is 12.1 Å². The highest BCUT2D eigenvalue weighted by atomic mass is 19.1. The molecule has 0 unspecified atom stereocenters. The number of carbonyl (C=O) groups excluding carboxylic acids is 1. The Morgan fingerprint density at radius 1 is 1.42 bits per heavy atom. The Labute approximate surface area is 110 Å². The molecule has 102 valence electrons. The van der Waals surface area contributed by atoms with Crippen molar-refractivity contribution in [2.24, 2.45) is 0 Å². The monoisotopic (exact) mass is 266 g/mol. The molecule has 3 rings (SSSR count). The summed E-state index contributed by atoms with van der Waals surface area (Å²) in [6.07, 6.45) is -0.00145. The molecule has 0 saturated carbocycles. The van der Waals surface area contributed by atoms with Crippen LogP contribution in [0.2, 0.25) is 0 Å². The number of cyclic esters (lactones) is 1. The maximum Gasteiger partial charge on any atom is 0.414 e. The molecule has 1 amide bonds. The van der Waals surface area contributed by atoms with Crippen molar-refractivity contribution in [3.63, 3.8) is 0 Å². The summed E-state index contributed by atoms with van der Waals surface area (Å²) in [5, 5.41) is 8.97. The molecular weight excluding hydrogens is 251 g/mol. The quantitative estimate of drug-likeness (QED) is 0.897. The van der Waals surface area contributed by atoms with Crippen LogP contribution in [-0.2, 0) is 4.74 Å². The standard InChI is InChI=1S/C13H15FN2O3/c14-11-6-9(2-3-12(11)15-4-1-5-15)16-7-10(8-17)19-13(16)18/h2-3,6,10,17H,1,4-5,7-8H2/t10-/m1/s1. The van der Waals surface area contributed by atoms with Gasteiger partial charge in [0.25, 0.3) is 0 Å². The zero-order chi connectivity index (χ0) is 13.4. The van der Waals surface area contributed by atoms with Crippen LogP contribution >= 0.6 is 0 Å². The summed E-state index contributed by atoms with van der Waals surface area (Å²) >= 11 is 0. The number of halogens is 1. The van der Waals surface area contributed by atoms with Crippen LogP contribution in [-0.4, -0.2) is 43.5 Å². The van der Waals surface area contributed by atoms with E-state index >= 15 is 0 Å². The van der Waals surface area contributed by atoms with Crippen molar-refractivity contribution in [2.75, 3.05) is 36.0 Å². The molecule has 0 aliphatic carbocycles. The van der Waals surface area contributed by atoms with Gasteiger partial charge in [-0.1, -0.05) is 0 Å². The van der Waals surface area contributed by atoms with E-state index in [1.807, 2.05) is 4.90 Å². The highest BCUT2D eigenvalue weighted by Crippen LogP contribution is 2.29. The highest BCUT2D eigenvalue weighted by molar-refractivity contribution is 5.90. The van der Waals surface area contributed by atoms with Gasteiger partial charge < -0.3 is 14.7 Å². The molecule has 1 atom stereocenters. The third-order valence-corrected chi connectivity index (χ3v) is 3.52. The normalized spacial score (nSPS) is 22.4. The molecule has 0 bridgehead atoms. The lowest BCUT2D eigenvalue weighted by atomic mass is 10.1. The van der Waals surface area contributed by atoms with Gasteiger partial charge >= 0.3 is 6.09 Å². The van der Waals surface area contributed by atoms with Crippen LogP contribution in [0, 0.1) is 5.82 Å². The third-order valence-electron chi connectivity index (χ3n) is 3.52. The molecule has 19 heavy (non-hydrogen) atoms. The average Bonchev–Trinajstić information content (AvgIpc) is 2.71. The summed E-state index contributed by atoms with van der Waals surface area (Å²) in [4.78, 5) is 14.9. The van der Waals surface area contributed by atoms with E-state index in [-0.39, 0.29) is 19.0 Å². The summed E-state index contributed by atoms with van der Waals surface area (Å²) in [6, 6.07) is 4.73. The third kappa shape index (κ3) is 2.12. The first-order valence-electron chi connectivity index (χ1n) is 6.32. The number of benzene rings is 1. The van der Waals surface area contributed by atoms with Gasteiger partial charge in [-0.05, 0) is 24.6 Å². The fourth-order valence-electron chi connectivity index (χ4n) is 2.30. The van der Waals surface area contributed by atoms with Gasteiger partial charge in [0, 0.05) is 13.1 Å². The van der Waals surface area contributed by atoms with Crippen molar-refractivity contribution >= 4 is 17.5 Å². The van der Waals surface area contributed by atoms with Gasteiger partial charge in [-0.2, -0.15) is 0 Å². The van der Waals surface area contributed by atoms with Gasteiger partial charge in [0.2, 0.25) is 0 Å². The predicted molar refractivity (Wildman–Crippen MR) is 67.9 cm³/mol. The first-order valence-corrected chi connectivity index (χ1v) is 6.32. The number of aliphatic hydroxyl groups excluding tert-OH is 1. The number of aliphatic hydroxyl groups is 1. The second-order valence-corrected chi connectivity index (χ2v) is 4.78. The van der Waals surface area contributed by atoms with Gasteiger partial charge in [0.15, 0.2) is 0 Å². The molecule has 0 radical (unpaired) electrons. The number of ether oxygens (including phenoxy) is 1. The maximum absolute atomic E-state index is 14.0. The Hall–Kier alpha value is -1.82. The van der Waals surface area contributed by atoms with E-state index in [2.05, 4.69) is 0 Å². The Bertz CT molecular complexity index is 505. The Morgan fingerprint density at radius 2 is 2.21 bits per heavy atom. The number of rotatable bonds is 3. The van der Waals surface area contributed by atoms with E-state index in [4.69, 9.17) is 9.84 Å². The summed E-state index contributed by atoms with van der Waals surface area (Å²) in [7, 11) is 0. The smallest absolute Gasteiger partial charge is 0.414 e. The largest absolute Gasteiger partial charge is 0.441 e. The first-order chi connectivity index (χ1) is 9.19. The van der Waals surface area contributed by atoms with Crippen molar-refractivity contribution < 1.29 is 19.0 Å². The Balaban J connectivity index is 1.82. The summed E-state index contributed by atoms with van der Waals surface area (Å²) in [6.45, 7) is 1.76. The molecule has 2 aliphatic rings. The molecule has 1 N–H and O–H groups in total. The van der Waals surface area contributed by atoms with Crippen molar-refractivity contribution in [2.45, 2.75) is 12.5 Å². The van der Waals surface area contributed by atoms with Crippen LogP contribution in [0.25, 0.3) is 0 Å². The minimum Gasteiger partial charge on any atom is -0.441 e. The number of nitrogens with zero attached hydrogens (tertiary/aromatic N) is 2. The molecule has 0 spiro atoms. The van der Waals surface area contributed by atoms with Crippen LogP contribution in [0.3, 0.4) is 0 Å².